The molecule has 4 rings (SSSR count). The Morgan fingerprint density at radius 2 is 1.68 bits per heavy atom. The zero-order valence-electron chi connectivity index (χ0n) is 18.8. The Morgan fingerprint density at radius 1 is 0.971 bits per heavy atom. The third kappa shape index (κ3) is 4.60. The van der Waals surface area contributed by atoms with Crippen molar-refractivity contribution in [3.05, 3.63) is 83.3 Å². The van der Waals surface area contributed by atoms with E-state index in [9.17, 15) is 23.1 Å². The third-order valence-electron chi connectivity index (χ3n) is 5.32. The number of hydrogen-bond acceptors (Lipinski definition) is 3. The lowest BCUT2D eigenvalue weighted by Gasteiger charge is -2.14. The van der Waals surface area contributed by atoms with Crippen LogP contribution in [0.15, 0.2) is 54.6 Å². The number of aliphatic hydroxyl groups is 1. The predicted molar refractivity (Wildman–Crippen MR) is 125 cm³/mol. The van der Waals surface area contributed by atoms with Crippen molar-refractivity contribution in [1.29, 1.82) is 0 Å². The Labute approximate surface area is 194 Å². The quantitative estimate of drug-likeness (QED) is 0.328. The minimum absolute atomic E-state index is 0.194. The number of nitrogens with one attached hydrogen (secondary N) is 2. The van der Waals surface area contributed by atoms with E-state index in [-0.39, 0.29) is 17.8 Å². The second-order valence-electron chi connectivity index (χ2n) is 8.89. The fourth-order valence-corrected chi connectivity index (χ4v) is 3.55. The van der Waals surface area contributed by atoms with E-state index < -0.39 is 29.2 Å². The number of carbonyl (C=O) groups is 1. The molecule has 176 valence electrons. The average molecular weight is 468 g/mol. The summed E-state index contributed by atoms with van der Waals surface area (Å²) in [6.45, 7) is 5.68. The Kier molecular flexibility index (Phi) is 6.05. The maximum absolute atomic E-state index is 14.0. The Balaban J connectivity index is 1.74. The number of anilines is 2. The maximum Gasteiger partial charge on any atom is 0.324 e. The molecule has 2 amide bonds. The summed E-state index contributed by atoms with van der Waals surface area (Å²) in [5, 5.41) is 21.1. The second-order valence-corrected chi connectivity index (χ2v) is 8.89. The predicted octanol–water partition coefficient (Wildman–Crippen LogP) is 5.88. The lowest BCUT2D eigenvalue weighted by atomic mass is 9.92. The standard InChI is InChI=1S/C25H23F3N4O2/c1-25(2,3)22-12-23(30-24(34)29-21-11-19(27)18(26)10-20(21)28)32(31-22)16-8-14-6-4-5-7-17(14)15(9-16)13-33/h4-12,33H,13H2,1-3H3,(H2,29,30,34). The largest absolute Gasteiger partial charge is 0.392 e. The van der Waals surface area contributed by atoms with Gasteiger partial charge in [0, 0.05) is 23.6 Å². The van der Waals surface area contributed by atoms with E-state index >= 15 is 0 Å². The minimum atomic E-state index is -1.35. The number of nitrogens with zero attached hydrogens (tertiary/aromatic N) is 2. The van der Waals surface area contributed by atoms with Gasteiger partial charge in [0.05, 0.1) is 23.7 Å². The number of fused-ring (bicyclic) bond motifs is 1. The summed E-state index contributed by atoms with van der Waals surface area (Å²) in [5.41, 5.74) is 1.07. The van der Waals surface area contributed by atoms with Crippen molar-refractivity contribution in [3.63, 3.8) is 0 Å². The number of benzene rings is 3. The molecule has 34 heavy (non-hydrogen) atoms. The number of amides is 2. The van der Waals surface area contributed by atoms with Crippen molar-refractivity contribution in [3.8, 4) is 5.69 Å². The van der Waals surface area contributed by atoms with Crippen LogP contribution in [-0.4, -0.2) is 20.9 Å². The highest BCUT2D eigenvalue weighted by Crippen LogP contribution is 2.29. The normalized spacial score (nSPS) is 11.6. The number of aromatic nitrogens is 2. The summed E-state index contributed by atoms with van der Waals surface area (Å²) in [4.78, 5) is 12.6. The number of carbonyl (C=O) groups excluding carboxylic acids is 1. The van der Waals surface area contributed by atoms with Gasteiger partial charge in [-0.3, -0.25) is 5.32 Å². The molecule has 0 radical (unpaired) electrons. The monoisotopic (exact) mass is 468 g/mol. The molecule has 0 saturated heterocycles. The fourth-order valence-electron chi connectivity index (χ4n) is 3.55. The molecule has 0 saturated carbocycles. The highest BCUT2D eigenvalue weighted by atomic mass is 19.2. The van der Waals surface area contributed by atoms with Gasteiger partial charge in [-0.2, -0.15) is 5.10 Å². The van der Waals surface area contributed by atoms with E-state index in [1.165, 1.54) is 4.68 Å². The first-order valence-corrected chi connectivity index (χ1v) is 10.5. The summed E-state index contributed by atoms with van der Waals surface area (Å²) in [6, 6.07) is 12.9. The van der Waals surface area contributed by atoms with E-state index in [0.717, 1.165) is 10.8 Å². The topological polar surface area (TPSA) is 79.2 Å². The summed E-state index contributed by atoms with van der Waals surface area (Å²) in [6.07, 6.45) is 0. The first-order chi connectivity index (χ1) is 16.1. The molecule has 3 aromatic carbocycles. The molecule has 9 heteroatoms. The van der Waals surface area contributed by atoms with Crippen molar-refractivity contribution >= 4 is 28.3 Å². The lowest BCUT2D eigenvalue weighted by Crippen LogP contribution is -2.22. The van der Waals surface area contributed by atoms with Crippen LogP contribution >= 0.6 is 0 Å². The molecule has 1 heterocycles. The van der Waals surface area contributed by atoms with Gasteiger partial charge in [-0.05, 0) is 28.5 Å². The highest BCUT2D eigenvalue weighted by molar-refractivity contribution is 5.99. The van der Waals surface area contributed by atoms with E-state index in [1.807, 2.05) is 51.1 Å². The molecule has 3 N–H and O–H groups in total. The molecular weight excluding hydrogens is 445 g/mol. The van der Waals surface area contributed by atoms with Gasteiger partial charge in [-0.1, -0.05) is 45.0 Å². The smallest absolute Gasteiger partial charge is 0.324 e. The van der Waals surface area contributed by atoms with Crippen LogP contribution in [0, 0.1) is 17.5 Å². The molecule has 0 atom stereocenters. The summed E-state index contributed by atoms with van der Waals surface area (Å²) in [5.74, 6) is -3.48. The number of urea groups is 1. The van der Waals surface area contributed by atoms with E-state index in [1.54, 1.807) is 12.1 Å². The lowest BCUT2D eigenvalue weighted by molar-refractivity contribution is 0.262. The highest BCUT2D eigenvalue weighted by Gasteiger charge is 2.22. The molecule has 4 aromatic rings. The summed E-state index contributed by atoms with van der Waals surface area (Å²) in [7, 11) is 0. The molecular formula is C25H23F3N4O2. The first-order valence-electron chi connectivity index (χ1n) is 10.5. The number of aliphatic hydroxyl groups excluding tert-OH is 1. The van der Waals surface area contributed by atoms with Crippen LogP contribution in [0.1, 0.15) is 32.0 Å². The van der Waals surface area contributed by atoms with Gasteiger partial charge in [0.2, 0.25) is 0 Å². The number of halogens is 3. The van der Waals surface area contributed by atoms with Crippen LogP contribution in [0.2, 0.25) is 0 Å². The SMILES string of the molecule is CC(C)(C)c1cc(NC(=O)Nc2cc(F)c(F)cc2F)n(-c2cc(CO)c3ccccc3c2)n1. The molecule has 0 bridgehead atoms. The molecule has 0 spiro atoms. The Bertz CT molecular complexity index is 1390. The van der Waals surface area contributed by atoms with Gasteiger partial charge in [-0.15, -0.1) is 0 Å². The van der Waals surface area contributed by atoms with Crippen molar-refractivity contribution in [2.24, 2.45) is 0 Å². The van der Waals surface area contributed by atoms with Crippen LogP contribution in [0.4, 0.5) is 29.5 Å². The molecule has 0 aliphatic heterocycles. The van der Waals surface area contributed by atoms with E-state index in [2.05, 4.69) is 15.7 Å². The zero-order chi connectivity index (χ0) is 24.6. The van der Waals surface area contributed by atoms with Gasteiger partial charge >= 0.3 is 6.03 Å². The fraction of sp³-hybridized carbons (Fsp3) is 0.200. The second kappa shape index (κ2) is 8.83. The minimum Gasteiger partial charge on any atom is -0.392 e. The van der Waals surface area contributed by atoms with Crippen LogP contribution in [0.3, 0.4) is 0 Å². The molecule has 0 unspecified atom stereocenters. The van der Waals surface area contributed by atoms with Gasteiger partial charge in [0.25, 0.3) is 0 Å². The van der Waals surface area contributed by atoms with E-state index in [4.69, 9.17) is 0 Å². The number of hydrogen-bond donors (Lipinski definition) is 3. The third-order valence-corrected chi connectivity index (χ3v) is 5.32. The number of rotatable bonds is 4. The van der Waals surface area contributed by atoms with Gasteiger partial charge < -0.3 is 10.4 Å². The van der Waals surface area contributed by atoms with Crippen molar-refractivity contribution < 1.29 is 23.1 Å². The maximum atomic E-state index is 14.0. The molecule has 1 aromatic heterocycles. The summed E-state index contributed by atoms with van der Waals surface area (Å²) < 4.78 is 42.2. The Hall–Kier alpha value is -3.85. The Morgan fingerprint density at radius 3 is 2.38 bits per heavy atom. The molecule has 0 aliphatic rings. The van der Waals surface area contributed by atoms with Crippen LogP contribution in [0.25, 0.3) is 16.5 Å². The van der Waals surface area contributed by atoms with Crippen LogP contribution in [-0.2, 0) is 12.0 Å². The zero-order valence-corrected chi connectivity index (χ0v) is 18.8. The summed E-state index contributed by atoms with van der Waals surface area (Å²) >= 11 is 0. The first kappa shape index (κ1) is 23.3. The average Bonchev–Trinajstić information content (AvgIpc) is 3.21. The van der Waals surface area contributed by atoms with Gasteiger partial charge in [-0.25, -0.2) is 22.6 Å². The van der Waals surface area contributed by atoms with Crippen molar-refractivity contribution in [1.82, 2.24) is 9.78 Å². The van der Waals surface area contributed by atoms with Crippen molar-refractivity contribution in [2.75, 3.05) is 10.6 Å². The van der Waals surface area contributed by atoms with Gasteiger partial charge in [0.1, 0.15) is 11.6 Å². The molecule has 6 nitrogen and oxygen atoms in total. The van der Waals surface area contributed by atoms with Crippen molar-refractivity contribution in [2.45, 2.75) is 32.8 Å². The van der Waals surface area contributed by atoms with E-state index in [0.29, 0.717) is 29.1 Å². The van der Waals surface area contributed by atoms with Crippen LogP contribution < -0.4 is 10.6 Å². The molecule has 0 fully saturated rings. The molecule has 0 aliphatic carbocycles. The van der Waals surface area contributed by atoms with Gasteiger partial charge in [0.15, 0.2) is 11.6 Å². The van der Waals surface area contributed by atoms with Crippen LogP contribution in [0.5, 0.6) is 0 Å².